The molecule has 0 unspecified atom stereocenters. The van der Waals surface area contributed by atoms with Crippen molar-refractivity contribution in [2.45, 2.75) is 58.0 Å². The summed E-state index contributed by atoms with van der Waals surface area (Å²) in [6.45, 7) is 4.47. The molecule has 4 nitrogen and oxygen atoms in total. The number of nitrogens with one attached hydrogen (secondary N) is 1. The zero-order valence-corrected chi connectivity index (χ0v) is 13.0. The van der Waals surface area contributed by atoms with Gasteiger partial charge in [0.25, 0.3) is 0 Å². The van der Waals surface area contributed by atoms with E-state index in [4.69, 9.17) is 10.5 Å². The van der Waals surface area contributed by atoms with Gasteiger partial charge in [-0.2, -0.15) is 0 Å². The fourth-order valence-electron chi connectivity index (χ4n) is 2.68. The van der Waals surface area contributed by atoms with Gasteiger partial charge in [-0.15, -0.1) is 0 Å². The summed E-state index contributed by atoms with van der Waals surface area (Å²) < 4.78 is 5.71. The zero-order valence-electron chi connectivity index (χ0n) is 13.0. The quantitative estimate of drug-likeness (QED) is 0.875. The molecule has 0 heterocycles. The number of benzene rings is 1. The maximum Gasteiger partial charge on any atom is 0.223 e. The lowest BCUT2D eigenvalue weighted by Crippen LogP contribution is -2.40. The van der Waals surface area contributed by atoms with Crippen LogP contribution in [0.25, 0.3) is 0 Å². The van der Waals surface area contributed by atoms with E-state index < -0.39 is 0 Å². The van der Waals surface area contributed by atoms with Gasteiger partial charge < -0.3 is 15.8 Å². The topological polar surface area (TPSA) is 64.3 Å². The van der Waals surface area contributed by atoms with Crippen LogP contribution in [-0.4, -0.2) is 24.6 Å². The first-order chi connectivity index (χ1) is 10.0. The number of carbonyl (C=O) groups is 1. The Hall–Kier alpha value is -1.55. The van der Waals surface area contributed by atoms with Crippen LogP contribution in [0, 0.1) is 13.8 Å². The highest BCUT2D eigenvalue weighted by Gasteiger charge is 2.19. The third-order valence-electron chi connectivity index (χ3n) is 4.07. The monoisotopic (exact) mass is 290 g/mol. The van der Waals surface area contributed by atoms with Crippen LogP contribution < -0.4 is 15.8 Å². The number of hydrogen-bond donors (Lipinski definition) is 2. The Labute approximate surface area is 127 Å². The lowest BCUT2D eigenvalue weighted by Gasteiger charge is -2.26. The molecule has 2 rings (SSSR count). The Kier molecular flexibility index (Phi) is 5.62. The van der Waals surface area contributed by atoms with Crippen molar-refractivity contribution >= 4 is 5.91 Å². The average Bonchev–Trinajstić information content (AvgIpc) is 2.45. The highest BCUT2D eigenvalue weighted by molar-refractivity contribution is 5.76. The summed E-state index contributed by atoms with van der Waals surface area (Å²) in [4.78, 5) is 11.9. The summed E-state index contributed by atoms with van der Waals surface area (Å²) >= 11 is 0. The van der Waals surface area contributed by atoms with Crippen molar-refractivity contribution in [1.82, 2.24) is 5.32 Å². The Balaban J connectivity index is 1.70. The van der Waals surface area contributed by atoms with Crippen molar-refractivity contribution in [3.63, 3.8) is 0 Å². The Morgan fingerprint density at radius 2 is 2.00 bits per heavy atom. The molecule has 0 spiro atoms. The summed E-state index contributed by atoms with van der Waals surface area (Å²) in [5.74, 6) is 0.937. The second-order valence-electron chi connectivity index (χ2n) is 6.05. The van der Waals surface area contributed by atoms with E-state index in [1.807, 2.05) is 26.0 Å². The zero-order chi connectivity index (χ0) is 15.2. The van der Waals surface area contributed by atoms with Gasteiger partial charge >= 0.3 is 0 Å². The van der Waals surface area contributed by atoms with E-state index in [0.717, 1.165) is 37.0 Å². The fraction of sp³-hybridized carbons (Fsp3) is 0.588. The van der Waals surface area contributed by atoms with E-state index in [1.54, 1.807) is 0 Å². The number of rotatable bonds is 5. The summed E-state index contributed by atoms with van der Waals surface area (Å²) in [6, 6.07) is 6.71. The van der Waals surface area contributed by atoms with Gasteiger partial charge in [0, 0.05) is 12.1 Å². The largest absolute Gasteiger partial charge is 0.493 e. The molecule has 0 aliphatic heterocycles. The van der Waals surface area contributed by atoms with Crippen LogP contribution in [0.2, 0.25) is 0 Å². The van der Waals surface area contributed by atoms with Crippen molar-refractivity contribution in [3.8, 4) is 5.75 Å². The molecule has 1 saturated carbocycles. The van der Waals surface area contributed by atoms with Crippen LogP contribution in [0.4, 0.5) is 0 Å². The average molecular weight is 290 g/mol. The molecule has 1 aromatic rings. The third-order valence-corrected chi connectivity index (χ3v) is 4.07. The SMILES string of the molecule is Cc1ccc(C)c(OCCC(=O)NC2CCC(N)CC2)c1. The van der Waals surface area contributed by atoms with Crippen molar-refractivity contribution in [3.05, 3.63) is 29.3 Å². The summed E-state index contributed by atoms with van der Waals surface area (Å²) in [5.41, 5.74) is 8.13. The van der Waals surface area contributed by atoms with Gasteiger partial charge in [0.1, 0.15) is 5.75 Å². The van der Waals surface area contributed by atoms with Crippen molar-refractivity contribution in [2.75, 3.05) is 6.61 Å². The van der Waals surface area contributed by atoms with Crippen LogP contribution >= 0.6 is 0 Å². The molecule has 21 heavy (non-hydrogen) atoms. The van der Waals surface area contributed by atoms with Gasteiger partial charge in [-0.25, -0.2) is 0 Å². The predicted octanol–water partition coefficient (Wildman–Crippen LogP) is 2.46. The van der Waals surface area contributed by atoms with E-state index in [2.05, 4.69) is 11.4 Å². The molecule has 1 aromatic carbocycles. The minimum atomic E-state index is 0.0702. The number of ether oxygens (including phenoxy) is 1. The minimum absolute atomic E-state index is 0.0702. The highest BCUT2D eigenvalue weighted by atomic mass is 16.5. The molecule has 0 atom stereocenters. The predicted molar refractivity (Wildman–Crippen MR) is 84.4 cm³/mol. The first kappa shape index (κ1) is 15.8. The maximum absolute atomic E-state index is 11.9. The van der Waals surface area contributed by atoms with Crippen molar-refractivity contribution in [1.29, 1.82) is 0 Å². The Morgan fingerprint density at radius 3 is 2.71 bits per heavy atom. The van der Waals surface area contributed by atoms with E-state index in [1.165, 1.54) is 5.56 Å². The van der Waals surface area contributed by atoms with E-state index in [0.29, 0.717) is 19.1 Å². The van der Waals surface area contributed by atoms with Crippen molar-refractivity contribution in [2.24, 2.45) is 5.73 Å². The first-order valence-corrected chi connectivity index (χ1v) is 7.79. The molecular formula is C17H26N2O2. The van der Waals surface area contributed by atoms with Crippen LogP contribution in [0.3, 0.4) is 0 Å². The van der Waals surface area contributed by atoms with Crippen LogP contribution in [0.15, 0.2) is 18.2 Å². The van der Waals surface area contributed by atoms with Crippen LogP contribution in [-0.2, 0) is 4.79 Å². The molecule has 0 bridgehead atoms. The summed E-state index contributed by atoms with van der Waals surface area (Å²) in [6.07, 6.45) is 4.39. The van der Waals surface area contributed by atoms with Crippen molar-refractivity contribution < 1.29 is 9.53 Å². The molecule has 1 amide bonds. The van der Waals surface area contributed by atoms with Gasteiger partial charge in [-0.1, -0.05) is 12.1 Å². The van der Waals surface area contributed by atoms with Gasteiger partial charge in [-0.3, -0.25) is 4.79 Å². The standard InChI is InChI=1S/C17H26N2O2/c1-12-3-4-13(2)16(11-12)21-10-9-17(20)19-15-7-5-14(18)6-8-15/h3-4,11,14-15H,5-10,18H2,1-2H3,(H,19,20). The molecule has 4 heteroatoms. The fourth-order valence-corrected chi connectivity index (χ4v) is 2.68. The number of nitrogens with two attached hydrogens (primary N) is 1. The number of hydrogen-bond acceptors (Lipinski definition) is 3. The van der Waals surface area contributed by atoms with Crippen LogP contribution in [0.1, 0.15) is 43.2 Å². The van der Waals surface area contributed by atoms with E-state index in [9.17, 15) is 4.79 Å². The van der Waals surface area contributed by atoms with E-state index >= 15 is 0 Å². The van der Waals surface area contributed by atoms with Gasteiger partial charge in [0.15, 0.2) is 0 Å². The molecule has 116 valence electrons. The lowest BCUT2D eigenvalue weighted by atomic mass is 9.92. The second-order valence-corrected chi connectivity index (χ2v) is 6.05. The molecule has 1 aliphatic carbocycles. The third kappa shape index (κ3) is 5.05. The van der Waals surface area contributed by atoms with Gasteiger partial charge in [0.05, 0.1) is 13.0 Å². The lowest BCUT2D eigenvalue weighted by molar-refractivity contribution is -0.122. The van der Waals surface area contributed by atoms with E-state index in [-0.39, 0.29) is 11.9 Å². The first-order valence-electron chi connectivity index (χ1n) is 7.79. The van der Waals surface area contributed by atoms with Crippen LogP contribution in [0.5, 0.6) is 5.75 Å². The number of aryl methyl sites for hydroxylation is 2. The number of amides is 1. The molecule has 0 saturated heterocycles. The Morgan fingerprint density at radius 1 is 1.29 bits per heavy atom. The van der Waals surface area contributed by atoms with Gasteiger partial charge in [0.2, 0.25) is 5.91 Å². The molecule has 1 fully saturated rings. The molecule has 0 radical (unpaired) electrons. The molecular weight excluding hydrogens is 264 g/mol. The highest BCUT2D eigenvalue weighted by Crippen LogP contribution is 2.19. The molecule has 3 N–H and O–H groups in total. The maximum atomic E-state index is 11.9. The molecule has 0 aromatic heterocycles. The Bertz CT molecular complexity index is 480. The summed E-state index contributed by atoms with van der Waals surface area (Å²) in [5, 5.41) is 3.08. The summed E-state index contributed by atoms with van der Waals surface area (Å²) in [7, 11) is 0. The molecule has 1 aliphatic rings. The van der Waals surface area contributed by atoms with Gasteiger partial charge in [-0.05, 0) is 56.7 Å². The number of carbonyl (C=O) groups excluding carboxylic acids is 1. The second kappa shape index (κ2) is 7.46. The minimum Gasteiger partial charge on any atom is -0.493 e. The smallest absolute Gasteiger partial charge is 0.223 e. The normalized spacial score (nSPS) is 21.9.